The first-order valence-electron chi connectivity index (χ1n) is 6.45. The first-order chi connectivity index (χ1) is 9.63. The van der Waals surface area contributed by atoms with E-state index in [0.717, 1.165) is 17.5 Å². The summed E-state index contributed by atoms with van der Waals surface area (Å²) in [6.07, 6.45) is 0.794. The summed E-state index contributed by atoms with van der Waals surface area (Å²) in [5.74, 6) is -0.258. The topological polar surface area (TPSA) is 20.3 Å². The van der Waals surface area contributed by atoms with Crippen LogP contribution in [0.2, 0.25) is 5.02 Å². The van der Waals surface area contributed by atoms with Crippen molar-refractivity contribution in [1.82, 2.24) is 4.90 Å². The van der Waals surface area contributed by atoms with Crippen molar-refractivity contribution in [3.8, 4) is 0 Å². The number of rotatable bonds is 2. The predicted octanol–water partition coefficient (Wildman–Crippen LogP) is 3.68. The van der Waals surface area contributed by atoms with Gasteiger partial charge in [0.15, 0.2) is 0 Å². The van der Waals surface area contributed by atoms with E-state index in [1.807, 2.05) is 6.07 Å². The van der Waals surface area contributed by atoms with E-state index in [9.17, 15) is 9.18 Å². The van der Waals surface area contributed by atoms with Crippen molar-refractivity contribution in [3.63, 3.8) is 0 Å². The van der Waals surface area contributed by atoms with Gasteiger partial charge in [-0.25, -0.2) is 4.39 Å². The lowest BCUT2D eigenvalue weighted by molar-refractivity contribution is 0.0727. The highest BCUT2D eigenvalue weighted by atomic mass is 35.5. The van der Waals surface area contributed by atoms with Gasteiger partial charge in [-0.2, -0.15) is 0 Å². The van der Waals surface area contributed by atoms with E-state index in [0.29, 0.717) is 23.7 Å². The van der Waals surface area contributed by atoms with E-state index in [1.165, 1.54) is 12.1 Å². The smallest absolute Gasteiger partial charge is 0.254 e. The van der Waals surface area contributed by atoms with Gasteiger partial charge in [-0.15, -0.1) is 0 Å². The van der Waals surface area contributed by atoms with Gasteiger partial charge in [0.25, 0.3) is 5.91 Å². The second kappa shape index (κ2) is 5.25. The first kappa shape index (κ1) is 13.1. The zero-order valence-electron chi connectivity index (χ0n) is 10.8. The van der Waals surface area contributed by atoms with Crippen LogP contribution in [0.5, 0.6) is 0 Å². The molecule has 0 bridgehead atoms. The Morgan fingerprint density at radius 3 is 2.65 bits per heavy atom. The summed E-state index contributed by atoms with van der Waals surface area (Å²) in [5.41, 5.74) is 2.64. The normalized spacial score (nSPS) is 14.3. The molecule has 2 aromatic rings. The molecule has 1 heterocycles. The minimum Gasteiger partial charge on any atom is -0.334 e. The average molecular weight is 290 g/mol. The highest BCUT2D eigenvalue weighted by Gasteiger charge is 2.24. The summed E-state index contributed by atoms with van der Waals surface area (Å²) in [5, 5.41) is 0.656. The molecule has 1 aliphatic rings. The number of hydrogen-bond donors (Lipinski definition) is 0. The average Bonchev–Trinajstić information content (AvgIpc) is 2.44. The molecule has 0 aliphatic carbocycles. The number of nitrogens with zero attached hydrogens (tertiary/aromatic N) is 1. The van der Waals surface area contributed by atoms with Gasteiger partial charge in [-0.1, -0.05) is 23.7 Å². The van der Waals surface area contributed by atoms with E-state index in [2.05, 4.69) is 0 Å². The molecule has 0 spiro atoms. The zero-order valence-corrected chi connectivity index (χ0v) is 11.5. The quantitative estimate of drug-likeness (QED) is 0.826. The lowest BCUT2D eigenvalue weighted by Crippen LogP contribution is -2.37. The molecular formula is C16H13ClFNO. The Kier molecular flexibility index (Phi) is 3.45. The Morgan fingerprint density at radius 2 is 1.90 bits per heavy atom. The number of fused-ring (bicyclic) bond motifs is 1. The van der Waals surface area contributed by atoms with E-state index >= 15 is 0 Å². The van der Waals surface area contributed by atoms with Crippen molar-refractivity contribution in [3.05, 3.63) is 70.0 Å². The molecule has 1 aliphatic heterocycles. The molecule has 0 radical (unpaired) electrons. The van der Waals surface area contributed by atoms with Crippen molar-refractivity contribution >= 4 is 17.5 Å². The van der Waals surface area contributed by atoms with Crippen LogP contribution in [0.25, 0.3) is 0 Å². The van der Waals surface area contributed by atoms with E-state index in [1.54, 1.807) is 29.2 Å². The Hall–Kier alpha value is -1.87. The maximum absolute atomic E-state index is 12.9. The van der Waals surface area contributed by atoms with Gasteiger partial charge >= 0.3 is 0 Å². The Balaban J connectivity index is 1.81. The lowest BCUT2D eigenvalue weighted by atomic mass is 9.98. The lowest BCUT2D eigenvalue weighted by Gasteiger charge is -2.28. The van der Waals surface area contributed by atoms with Crippen LogP contribution < -0.4 is 0 Å². The van der Waals surface area contributed by atoms with Crippen LogP contribution in [0.4, 0.5) is 4.39 Å². The molecule has 1 amide bonds. The van der Waals surface area contributed by atoms with Crippen LogP contribution in [-0.2, 0) is 13.0 Å². The van der Waals surface area contributed by atoms with Crippen molar-refractivity contribution in [2.75, 3.05) is 6.54 Å². The molecule has 4 heteroatoms. The summed E-state index contributed by atoms with van der Waals surface area (Å²) in [6.45, 7) is 1.16. The number of benzene rings is 2. The van der Waals surface area contributed by atoms with Crippen LogP contribution in [0, 0.1) is 5.82 Å². The van der Waals surface area contributed by atoms with Crippen LogP contribution in [0.3, 0.4) is 0 Å². The summed E-state index contributed by atoms with van der Waals surface area (Å²) >= 11 is 5.94. The van der Waals surface area contributed by atoms with Crippen LogP contribution in [0.15, 0.2) is 42.5 Å². The Morgan fingerprint density at radius 1 is 1.15 bits per heavy atom. The molecule has 2 nitrogen and oxygen atoms in total. The summed E-state index contributed by atoms with van der Waals surface area (Å²) in [6, 6.07) is 11.6. The molecule has 0 unspecified atom stereocenters. The van der Waals surface area contributed by atoms with Crippen LogP contribution >= 0.6 is 11.6 Å². The Bertz CT molecular complexity index is 654. The molecule has 0 N–H and O–H groups in total. The molecule has 0 fully saturated rings. The fourth-order valence-corrected chi connectivity index (χ4v) is 2.66. The number of amides is 1. The maximum atomic E-state index is 12.9. The van der Waals surface area contributed by atoms with E-state index < -0.39 is 0 Å². The van der Waals surface area contributed by atoms with Gasteiger partial charge in [-0.3, -0.25) is 4.79 Å². The number of halogens is 2. The molecule has 0 saturated heterocycles. The van der Waals surface area contributed by atoms with Crippen LogP contribution in [0.1, 0.15) is 21.5 Å². The van der Waals surface area contributed by atoms with Crippen molar-refractivity contribution in [2.24, 2.45) is 0 Å². The molecule has 3 rings (SSSR count). The predicted molar refractivity (Wildman–Crippen MR) is 76.3 cm³/mol. The number of carbonyl (C=O) groups is 1. The maximum Gasteiger partial charge on any atom is 0.254 e. The largest absolute Gasteiger partial charge is 0.334 e. The number of hydrogen-bond acceptors (Lipinski definition) is 1. The third-order valence-corrected chi connectivity index (χ3v) is 3.76. The fraction of sp³-hybridized carbons (Fsp3) is 0.188. The van der Waals surface area contributed by atoms with Gasteiger partial charge in [0.2, 0.25) is 0 Å². The standard InChI is InChI=1S/C16H13ClFNO/c17-13-3-6-15-12(9-13)7-8-19(16(15)20)10-11-1-4-14(18)5-2-11/h1-6,9H,7-8,10H2. The Labute approximate surface area is 121 Å². The molecular weight excluding hydrogens is 277 g/mol. The molecule has 20 heavy (non-hydrogen) atoms. The summed E-state index contributed by atoms with van der Waals surface area (Å²) in [4.78, 5) is 14.2. The van der Waals surface area contributed by atoms with Gasteiger partial charge in [0.1, 0.15) is 5.82 Å². The van der Waals surface area contributed by atoms with E-state index in [-0.39, 0.29) is 11.7 Å². The van der Waals surface area contributed by atoms with Gasteiger partial charge in [0, 0.05) is 23.7 Å². The minimum absolute atomic E-state index is 0.00671. The molecule has 102 valence electrons. The molecule has 0 aromatic heterocycles. The van der Waals surface area contributed by atoms with Crippen molar-refractivity contribution < 1.29 is 9.18 Å². The molecule has 2 aromatic carbocycles. The van der Waals surface area contributed by atoms with Gasteiger partial charge < -0.3 is 4.90 Å². The minimum atomic E-state index is -0.265. The third kappa shape index (κ3) is 2.54. The van der Waals surface area contributed by atoms with Crippen LogP contribution in [-0.4, -0.2) is 17.4 Å². The molecule has 0 atom stereocenters. The van der Waals surface area contributed by atoms with Gasteiger partial charge in [0.05, 0.1) is 0 Å². The summed E-state index contributed by atoms with van der Waals surface area (Å²) in [7, 11) is 0. The van der Waals surface area contributed by atoms with E-state index in [4.69, 9.17) is 11.6 Å². The highest BCUT2D eigenvalue weighted by molar-refractivity contribution is 6.30. The SMILES string of the molecule is O=C1c2ccc(Cl)cc2CCN1Cc1ccc(F)cc1. The molecule has 0 saturated carbocycles. The van der Waals surface area contributed by atoms with Crippen molar-refractivity contribution in [2.45, 2.75) is 13.0 Å². The summed E-state index contributed by atoms with van der Waals surface area (Å²) < 4.78 is 12.9. The van der Waals surface area contributed by atoms with Gasteiger partial charge in [-0.05, 0) is 47.9 Å². The second-order valence-electron chi connectivity index (χ2n) is 4.90. The van der Waals surface area contributed by atoms with Crippen molar-refractivity contribution in [1.29, 1.82) is 0 Å². The first-order valence-corrected chi connectivity index (χ1v) is 6.83. The monoisotopic (exact) mass is 289 g/mol. The fourth-order valence-electron chi connectivity index (χ4n) is 2.47. The number of carbonyl (C=O) groups excluding carboxylic acids is 1. The zero-order chi connectivity index (χ0) is 14.1. The second-order valence-corrected chi connectivity index (χ2v) is 5.34. The third-order valence-electron chi connectivity index (χ3n) is 3.52. The highest BCUT2D eigenvalue weighted by Crippen LogP contribution is 2.23.